The van der Waals surface area contributed by atoms with Gasteiger partial charge in [-0.3, -0.25) is 24.6 Å². The molecule has 1 saturated carbocycles. The van der Waals surface area contributed by atoms with E-state index in [2.05, 4.69) is 49.9 Å². The Labute approximate surface area is 326 Å². The largest absolute Gasteiger partial charge is 0.490 e. The Morgan fingerprint density at radius 2 is 1.73 bits per heavy atom. The van der Waals surface area contributed by atoms with Gasteiger partial charge in [-0.2, -0.15) is 0 Å². The molecule has 298 valence electrons. The Balaban J connectivity index is 0.882. The number of piperidine rings is 2. The summed E-state index contributed by atoms with van der Waals surface area (Å²) in [5.74, 6) is 0.415. The van der Waals surface area contributed by atoms with Gasteiger partial charge in [0.1, 0.15) is 29.0 Å². The van der Waals surface area contributed by atoms with E-state index < -0.39 is 18.0 Å². The summed E-state index contributed by atoms with van der Waals surface area (Å²) >= 11 is 0. The molecular formula is C42H52F2N8O4. The summed E-state index contributed by atoms with van der Waals surface area (Å²) in [6, 6.07) is 14.4. The van der Waals surface area contributed by atoms with Gasteiger partial charge in [-0.25, -0.2) is 18.7 Å². The van der Waals surface area contributed by atoms with Crippen LogP contribution in [-0.2, 0) is 16.1 Å². The van der Waals surface area contributed by atoms with Crippen molar-refractivity contribution in [2.75, 3.05) is 37.3 Å². The maximum absolute atomic E-state index is 13.4. The highest BCUT2D eigenvalue weighted by atomic mass is 19.3. The molecule has 3 aromatic heterocycles. The van der Waals surface area contributed by atoms with Crippen molar-refractivity contribution in [2.24, 2.45) is 5.92 Å². The molecule has 1 unspecified atom stereocenters. The van der Waals surface area contributed by atoms with Crippen molar-refractivity contribution in [2.45, 2.75) is 102 Å². The topological polar surface area (TPSA) is 133 Å². The molecule has 3 amide bonds. The molecule has 2 aliphatic heterocycles. The monoisotopic (exact) mass is 770 g/mol. The van der Waals surface area contributed by atoms with Gasteiger partial charge in [-0.15, -0.1) is 0 Å². The molecule has 12 nitrogen and oxygen atoms in total. The van der Waals surface area contributed by atoms with Crippen LogP contribution in [0.5, 0.6) is 5.75 Å². The summed E-state index contributed by atoms with van der Waals surface area (Å²) in [4.78, 5) is 50.8. The predicted octanol–water partition coefficient (Wildman–Crippen LogP) is 6.79. The lowest BCUT2D eigenvalue weighted by atomic mass is 9.80. The third kappa shape index (κ3) is 9.70. The molecule has 3 N–H and O–H groups in total. The molecule has 14 heteroatoms. The summed E-state index contributed by atoms with van der Waals surface area (Å²) < 4.78 is 34.3. The number of nitrogens with zero attached hydrogens (tertiary/aromatic N) is 5. The number of carbonyl (C=O) groups excluding carboxylic acids is 3. The van der Waals surface area contributed by atoms with Crippen molar-refractivity contribution >= 4 is 34.9 Å². The number of fused-ring (bicyclic) bond motifs is 1. The number of aromatic nitrogens is 3. The minimum absolute atomic E-state index is 0.0462. The highest BCUT2D eigenvalue weighted by molar-refractivity contribution is 6.06. The Morgan fingerprint density at radius 1 is 0.982 bits per heavy atom. The number of anilines is 2. The highest BCUT2D eigenvalue weighted by Gasteiger charge is 2.30. The predicted molar refractivity (Wildman–Crippen MR) is 210 cm³/mol. The standard InChI is InChI=1S/C42H52F2N8O4/c1-26(2)56-36-21-38-47-35(25-52(38)24-32(36)41(54)48-37-6-4-5-33(46-37)40(43)44)29-11-7-27(8-12-29)22-50(3)31-17-19-51(20-18-31)23-28-9-13-30(14-10-28)45-34-15-16-39(53)49-42(34)55/h4-6,9-10,13-14,21,24-27,29,31,34,40,45H,7-8,11-12,15-20,22-23H2,1-3H3,(H,46,48,54)(H,49,53,55)/t27-,29-,34?. The van der Waals surface area contributed by atoms with Gasteiger partial charge < -0.3 is 24.7 Å². The number of imidazole rings is 1. The number of imide groups is 1. The van der Waals surface area contributed by atoms with Crippen molar-refractivity contribution in [1.29, 1.82) is 0 Å². The van der Waals surface area contributed by atoms with Crippen LogP contribution in [0.2, 0.25) is 0 Å². The minimum atomic E-state index is -2.74. The second-order valence-electron chi connectivity index (χ2n) is 15.9. The molecule has 3 aliphatic rings. The number of ether oxygens (including phenoxy) is 1. The molecule has 0 bridgehead atoms. The maximum atomic E-state index is 13.4. The van der Waals surface area contributed by atoms with E-state index in [1.807, 2.05) is 36.6 Å². The number of nitrogens with one attached hydrogen (secondary N) is 3. The zero-order valence-electron chi connectivity index (χ0n) is 32.3. The van der Waals surface area contributed by atoms with Crippen LogP contribution in [0.15, 0.2) is 60.9 Å². The van der Waals surface area contributed by atoms with E-state index in [1.54, 1.807) is 12.3 Å². The SMILES string of the molecule is CC(C)Oc1cc2nc([C@H]3CC[C@H](CN(C)C4CCN(Cc5ccc(NC6CCC(=O)NC6=O)cc5)CC4)CC3)cn2cc1C(=O)Nc1cccc(C(F)F)n1. The number of hydrogen-bond donors (Lipinski definition) is 3. The Morgan fingerprint density at radius 3 is 2.43 bits per heavy atom. The van der Waals surface area contributed by atoms with Gasteiger partial charge in [0.05, 0.1) is 17.4 Å². The zero-order chi connectivity index (χ0) is 39.3. The van der Waals surface area contributed by atoms with Gasteiger partial charge in [0.2, 0.25) is 11.8 Å². The number of pyridine rings is 2. The average Bonchev–Trinajstić information content (AvgIpc) is 3.60. The van der Waals surface area contributed by atoms with E-state index in [9.17, 15) is 23.2 Å². The van der Waals surface area contributed by atoms with Gasteiger partial charge >= 0.3 is 0 Å². The fraction of sp³-hybridized carbons (Fsp3) is 0.500. The normalized spacial score (nSPS) is 21.2. The third-order valence-electron chi connectivity index (χ3n) is 11.3. The first-order chi connectivity index (χ1) is 27.0. The van der Waals surface area contributed by atoms with E-state index in [-0.39, 0.29) is 35.3 Å². The third-order valence-corrected chi connectivity index (χ3v) is 11.3. The second-order valence-corrected chi connectivity index (χ2v) is 15.9. The summed E-state index contributed by atoms with van der Waals surface area (Å²) in [5, 5.41) is 8.30. The van der Waals surface area contributed by atoms with Crippen LogP contribution in [0.25, 0.3) is 5.65 Å². The first kappa shape index (κ1) is 39.3. The van der Waals surface area contributed by atoms with Gasteiger partial charge in [-0.05, 0) is 115 Å². The summed E-state index contributed by atoms with van der Waals surface area (Å²) in [5.41, 5.74) is 3.69. The molecule has 4 aromatic rings. The average molecular weight is 771 g/mol. The Hall–Kier alpha value is -4.95. The van der Waals surface area contributed by atoms with Crippen LogP contribution in [-0.4, -0.2) is 86.8 Å². The molecular weight excluding hydrogens is 719 g/mol. The number of hydrogen-bond acceptors (Lipinski definition) is 9. The molecule has 5 heterocycles. The van der Waals surface area contributed by atoms with E-state index >= 15 is 0 Å². The lowest BCUT2D eigenvalue weighted by Crippen LogP contribution is -2.47. The van der Waals surface area contributed by atoms with Gasteiger partial charge in [0, 0.05) is 55.6 Å². The lowest BCUT2D eigenvalue weighted by molar-refractivity contribution is -0.133. The number of alkyl halides is 2. The van der Waals surface area contributed by atoms with Crippen molar-refractivity contribution < 1.29 is 27.9 Å². The molecule has 1 atom stereocenters. The lowest BCUT2D eigenvalue weighted by Gasteiger charge is -2.39. The van der Waals surface area contributed by atoms with Gasteiger partial charge in [0.15, 0.2) is 0 Å². The zero-order valence-corrected chi connectivity index (χ0v) is 32.3. The first-order valence-corrected chi connectivity index (χ1v) is 19.8. The van der Waals surface area contributed by atoms with Gasteiger partial charge in [0.25, 0.3) is 12.3 Å². The van der Waals surface area contributed by atoms with Gasteiger partial charge in [-0.1, -0.05) is 18.2 Å². The van der Waals surface area contributed by atoms with Crippen LogP contribution < -0.4 is 20.7 Å². The molecule has 3 fully saturated rings. The summed E-state index contributed by atoms with van der Waals surface area (Å²) in [6.07, 6.45) is 8.29. The first-order valence-electron chi connectivity index (χ1n) is 19.8. The smallest absolute Gasteiger partial charge is 0.280 e. The van der Waals surface area contributed by atoms with Crippen molar-refractivity contribution in [3.05, 3.63) is 83.4 Å². The molecule has 1 aromatic carbocycles. The maximum Gasteiger partial charge on any atom is 0.280 e. The van der Waals surface area contributed by atoms with E-state index in [0.717, 1.165) is 76.1 Å². The molecule has 0 spiro atoms. The van der Waals surface area contributed by atoms with Crippen LogP contribution in [0.1, 0.15) is 105 Å². The Bertz CT molecular complexity index is 2010. The summed E-state index contributed by atoms with van der Waals surface area (Å²) in [6.45, 7) is 7.87. The van der Waals surface area contributed by atoms with Crippen molar-refractivity contribution in [1.82, 2.24) is 29.5 Å². The quantitative estimate of drug-likeness (QED) is 0.126. The number of carbonyl (C=O) groups is 3. The fourth-order valence-electron chi connectivity index (χ4n) is 8.29. The van der Waals surface area contributed by atoms with Crippen LogP contribution >= 0.6 is 0 Å². The van der Waals surface area contributed by atoms with E-state index in [4.69, 9.17) is 9.72 Å². The molecule has 0 radical (unpaired) electrons. The minimum Gasteiger partial charge on any atom is -0.490 e. The molecule has 1 aliphatic carbocycles. The highest BCUT2D eigenvalue weighted by Crippen LogP contribution is 2.37. The van der Waals surface area contributed by atoms with Crippen molar-refractivity contribution in [3.63, 3.8) is 0 Å². The van der Waals surface area contributed by atoms with E-state index in [0.29, 0.717) is 42.1 Å². The van der Waals surface area contributed by atoms with Crippen LogP contribution in [0, 0.1) is 5.92 Å². The second kappa shape index (κ2) is 17.5. The van der Waals surface area contributed by atoms with Crippen LogP contribution in [0.3, 0.4) is 0 Å². The summed E-state index contributed by atoms with van der Waals surface area (Å²) in [7, 11) is 2.28. The number of benzene rings is 1. The number of amides is 3. The molecule has 7 rings (SSSR count). The number of likely N-dealkylation sites (tertiary alicyclic amines) is 1. The molecule has 2 saturated heterocycles. The van der Waals surface area contributed by atoms with E-state index in [1.165, 1.54) is 23.8 Å². The van der Waals surface area contributed by atoms with Crippen molar-refractivity contribution in [3.8, 4) is 5.75 Å². The number of rotatable bonds is 13. The Kier molecular flexibility index (Phi) is 12.2. The van der Waals surface area contributed by atoms with Crippen LogP contribution in [0.4, 0.5) is 20.3 Å². The molecule has 56 heavy (non-hydrogen) atoms. The fourth-order valence-corrected chi connectivity index (χ4v) is 8.29. The number of halogens is 2.